The van der Waals surface area contributed by atoms with E-state index in [1.807, 2.05) is 35.7 Å². The number of carboxylic acids is 2. The maximum atomic E-state index is 11.7. The fourth-order valence-corrected chi connectivity index (χ4v) is 2.92. The van der Waals surface area contributed by atoms with Crippen molar-refractivity contribution in [3.8, 4) is 5.75 Å². The van der Waals surface area contributed by atoms with E-state index in [-0.39, 0.29) is 5.91 Å². The van der Waals surface area contributed by atoms with Gasteiger partial charge in [0, 0.05) is 29.7 Å². The number of hydrogen-bond acceptors (Lipinski definition) is 6. The van der Waals surface area contributed by atoms with Gasteiger partial charge in [0.15, 0.2) is 0 Å². The molecule has 0 atom stereocenters. The smallest absolute Gasteiger partial charge is 0.414 e. The zero-order valence-corrected chi connectivity index (χ0v) is 16.8. The molecular formula is C17H19BrN2O6S. The number of ether oxygens (including phenoxy) is 1. The van der Waals surface area contributed by atoms with Crippen LogP contribution >= 0.6 is 27.3 Å². The van der Waals surface area contributed by atoms with Gasteiger partial charge in [-0.25, -0.2) is 9.59 Å². The fraction of sp³-hybridized carbons (Fsp3) is 0.235. The number of aliphatic carboxylic acids is 2. The largest absolute Gasteiger partial charge is 0.496 e. The molecule has 1 aromatic heterocycles. The van der Waals surface area contributed by atoms with Crippen molar-refractivity contribution in [3.05, 3.63) is 50.6 Å². The second-order valence-electron chi connectivity index (χ2n) is 4.98. The Hall–Kier alpha value is -2.43. The molecule has 0 aliphatic heterocycles. The van der Waals surface area contributed by atoms with Crippen molar-refractivity contribution in [1.29, 1.82) is 0 Å². The molecule has 2 rings (SSSR count). The SMILES string of the molecule is COc1ccc(Br)cc1CNCCNC(=O)c1cccs1.O=C(O)C(=O)O. The Balaban J connectivity index is 0.000000527. The van der Waals surface area contributed by atoms with Crippen LogP contribution in [0.25, 0.3) is 0 Å². The molecule has 0 bridgehead atoms. The van der Waals surface area contributed by atoms with Gasteiger partial charge in [0.2, 0.25) is 0 Å². The number of rotatable bonds is 7. The molecule has 0 aliphatic rings. The lowest BCUT2D eigenvalue weighted by Gasteiger charge is -2.10. The summed E-state index contributed by atoms with van der Waals surface area (Å²) in [5.41, 5.74) is 1.08. The van der Waals surface area contributed by atoms with E-state index in [1.54, 1.807) is 7.11 Å². The van der Waals surface area contributed by atoms with E-state index < -0.39 is 11.9 Å². The van der Waals surface area contributed by atoms with Gasteiger partial charge in [0.05, 0.1) is 12.0 Å². The predicted octanol–water partition coefficient (Wildman–Crippen LogP) is 2.19. The highest BCUT2D eigenvalue weighted by atomic mass is 79.9. The van der Waals surface area contributed by atoms with E-state index in [0.29, 0.717) is 19.6 Å². The maximum Gasteiger partial charge on any atom is 0.414 e. The van der Waals surface area contributed by atoms with Crippen LogP contribution in [0.4, 0.5) is 0 Å². The number of carbonyl (C=O) groups excluding carboxylic acids is 1. The normalized spacial score (nSPS) is 9.70. The van der Waals surface area contributed by atoms with Crippen molar-refractivity contribution in [2.75, 3.05) is 20.2 Å². The van der Waals surface area contributed by atoms with Gasteiger partial charge < -0.3 is 25.6 Å². The lowest BCUT2D eigenvalue weighted by Crippen LogP contribution is -2.31. The van der Waals surface area contributed by atoms with Gasteiger partial charge in [-0.2, -0.15) is 0 Å². The van der Waals surface area contributed by atoms with E-state index >= 15 is 0 Å². The molecule has 8 nitrogen and oxygen atoms in total. The molecule has 4 N–H and O–H groups in total. The molecular weight excluding hydrogens is 440 g/mol. The number of nitrogens with one attached hydrogen (secondary N) is 2. The van der Waals surface area contributed by atoms with E-state index in [9.17, 15) is 4.79 Å². The van der Waals surface area contributed by atoms with Crippen LogP contribution < -0.4 is 15.4 Å². The first kappa shape index (κ1) is 22.6. The molecule has 0 fully saturated rings. The topological polar surface area (TPSA) is 125 Å². The number of methoxy groups -OCH3 is 1. The molecule has 1 amide bonds. The van der Waals surface area contributed by atoms with E-state index in [2.05, 4.69) is 26.6 Å². The van der Waals surface area contributed by atoms with Crippen molar-refractivity contribution in [1.82, 2.24) is 10.6 Å². The summed E-state index contributed by atoms with van der Waals surface area (Å²) in [5.74, 6) is -2.81. The highest BCUT2D eigenvalue weighted by molar-refractivity contribution is 9.10. The minimum absolute atomic E-state index is 0.0214. The molecule has 0 unspecified atom stereocenters. The molecule has 1 aromatic carbocycles. The molecule has 0 saturated carbocycles. The summed E-state index contributed by atoms with van der Waals surface area (Å²) in [7, 11) is 1.66. The van der Waals surface area contributed by atoms with Gasteiger partial charge >= 0.3 is 11.9 Å². The summed E-state index contributed by atoms with van der Waals surface area (Å²) in [6.45, 7) is 1.98. The summed E-state index contributed by atoms with van der Waals surface area (Å²) in [6, 6.07) is 9.59. The van der Waals surface area contributed by atoms with E-state index in [0.717, 1.165) is 20.7 Å². The van der Waals surface area contributed by atoms with Crippen molar-refractivity contribution < 1.29 is 29.3 Å². The summed E-state index contributed by atoms with van der Waals surface area (Å²) in [5, 5.41) is 22.8. The second-order valence-corrected chi connectivity index (χ2v) is 6.84. The summed E-state index contributed by atoms with van der Waals surface area (Å²) in [6.07, 6.45) is 0. The van der Waals surface area contributed by atoms with Crippen LogP contribution in [0.5, 0.6) is 5.75 Å². The van der Waals surface area contributed by atoms with Crippen LogP contribution in [0.15, 0.2) is 40.2 Å². The minimum Gasteiger partial charge on any atom is -0.496 e. The van der Waals surface area contributed by atoms with Gasteiger partial charge in [-0.1, -0.05) is 22.0 Å². The molecule has 0 aliphatic carbocycles. The number of carbonyl (C=O) groups is 3. The van der Waals surface area contributed by atoms with E-state index in [4.69, 9.17) is 24.5 Å². The van der Waals surface area contributed by atoms with Gasteiger partial charge in [0.1, 0.15) is 5.75 Å². The average Bonchev–Trinajstić information content (AvgIpc) is 3.16. The molecule has 10 heteroatoms. The Kier molecular flexibility index (Phi) is 10.1. The molecule has 0 radical (unpaired) electrons. The van der Waals surface area contributed by atoms with Gasteiger partial charge in [-0.3, -0.25) is 4.79 Å². The number of halogens is 1. The molecule has 0 saturated heterocycles. The minimum atomic E-state index is -1.82. The molecule has 146 valence electrons. The number of benzene rings is 1. The molecule has 2 aromatic rings. The van der Waals surface area contributed by atoms with Crippen LogP contribution in [0, 0.1) is 0 Å². The quantitative estimate of drug-likeness (QED) is 0.370. The molecule has 0 spiro atoms. The first-order valence-corrected chi connectivity index (χ1v) is 9.33. The second kappa shape index (κ2) is 12.0. The third kappa shape index (κ3) is 8.67. The number of amides is 1. The first-order chi connectivity index (χ1) is 12.8. The zero-order valence-electron chi connectivity index (χ0n) is 14.4. The Morgan fingerprint density at radius 3 is 2.41 bits per heavy atom. The first-order valence-electron chi connectivity index (χ1n) is 7.66. The van der Waals surface area contributed by atoms with Gasteiger partial charge in [0.25, 0.3) is 5.91 Å². The third-order valence-corrected chi connectivity index (χ3v) is 4.44. The third-order valence-electron chi connectivity index (χ3n) is 3.07. The highest BCUT2D eigenvalue weighted by Gasteiger charge is 2.06. The Morgan fingerprint density at radius 2 is 1.85 bits per heavy atom. The predicted molar refractivity (Wildman–Crippen MR) is 104 cm³/mol. The number of carboxylic acid groups (broad SMARTS) is 2. The standard InChI is InChI=1S/C15H17BrN2O2S.C2H2O4/c1-20-13-5-4-12(16)9-11(13)10-17-6-7-18-15(19)14-3-2-8-21-14;3-1(4)2(5)6/h2-5,8-9,17H,6-7,10H2,1H3,(H,18,19);(H,3,4)(H,5,6). The Labute approximate surface area is 168 Å². The van der Waals surface area contributed by atoms with Crippen LogP contribution in [-0.4, -0.2) is 48.3 Å². The van der Waals surface area contributed by atoms with Crippen LogP contribution in [0.1, 0.15) is 15.2 Å². The molecule has 1 heterocycles. The Bertz CT molecular complexity index is 755. The Morgan fingerprint density at radius 1 is 1.15 bits per heavy atom. The van der Waals surface area contributed by atoms with E-state index in [1.165, 1.54) is 11.3 Å². The van der Waals surface area contributed by atoms with Gasteiger partial charge in [-0.15, -0.1) is 11.3 Å². The number of thiophene rings is 1. The van der Waals surface area contributed by atoms with Gasteiger partial charge in [-0.05, 0) is 29.6 Å². The van der Waals surface area contributed by atoms with Crippen molar-refractivity contribution in [3.63, 3.8) is 0 Å². The van der Waals surface area contributed by atoms with Crippen LogP contribution in [0.2, 0.25) is 0 Å². The van der Waals surface area contributed by atoms with Crippen LogP contribution in [0.3, 0.4) is 0 Å². The fourth-order valence-electron chi connectivity index (χ4n) is 1.87. The maximum absolute atomic E-state index is 11.7. The molecule has 27 heavy (non-hydrogen) atoms. The number of hydrogen-bond donors (Lipinski definition) is 4. The average molecular weight is 459 g/mol. The van der Waals surface area contributed by atoms with Crippen molar-refractivity contribution in [2.45, 2.75) is 6.54 Å². The van der Waals surface area contributed by atoms with Crippen molar-refractivity contribution in [2.24, 2.45) is 0 Å². The van der Waals surface area contributed by atoms with Crippen LogP contribution in [-0.2, 0) is 16.1 Å². The monoisotopic (exact) mass is 458 g/mol. The summed E-state index contributed by atoms with van der Waals surface area (Å²) in [4.78, 5) is 30.7. The summed E-state index contributed by atoms with van der Waals surface area (Å²) < 4.78 is 6.33. The lowest BCUT2D eigenvalue weighted by atomic mass is 10.2. The highest BCUT2D eigenvalue weighted by Crippen LogP contribution is 2.22. The van der Waals surface area contributed by atoms with Crippen molar-refractivity contribution >= 4 is 45.1 Å². The lowest BCUT2D eigenvalue weighted by molar-refractivity contribution is -0.159. The summed E-state index contributed by atoms with van der Waals surface area (Å²) >= 11 is 4.89. The zero-order chi connectivity index (χ0) is 20.2.